The van der Waals surface area contributed by atoms with E-state index in [0.717, 1.165) is 50.3 Å². The summed E-state index contributed by atoms with van der Waals surface area (Å²) in [6, 6.07) is 2.86. The molecule has 32 heavy (non-hydrogen) atoms. The zero-order chi connectivity index (χ0) is 22.9. The predicted octanol–water partition coefficient (Wildman–Crippen LogP) is 3.67. The molecule has 4 atom stereocenters. The van der Waals surface area contributed by atoms with E-state index in [1.54, 1.807) is 0 Å². The van der Waals surface area contributed by atoms with Crippen LogP contribution in [0.3, 0.4) is 0 Å². The van der Waals surface area contributed by atoms with Gasteiger partial charge in [0.25, 0.3) is 10.0 Å². The van der Waals surface area contributed by atoms with E-state index in [9.17, 15) is 12.8 Å². The second-order valence-corrected chi connectivity index (χ2v) is 10.9. The monoisotopic (exact) mass is 481 g/mol. The summed E-state index contributed by atoms with van der Waals surface area (Å²) in [7, 11) is -2.71. The largest absolute Gasteiger partial charge is 0.379 e. The minimum absolute atomic E-state index is 0.0676. The molecular formula is C22H29ClFN5O2S. The highest BCUT2D eigenvalue weighted by atomic mass is 35.5. The quantitative estimate of drug-likeness (QED) is 0.554. The Kier molecular flexibility index (Phi) is 6.88. The minimum Gasteiger partial charge on any atom is -0.379 e. The highest BCUT2D eigenvalue weighted by molar-refractivity contribution is 7.89. The first-order valence-electron chi connectivity index (χ1n) is 10.9. The second kappa shape index (κ2) is 9.49. The van der Waals surface area contributed by atoms with Crippen LogP contribution < -0.4 is 10.0 Å². The van der Waals surface area contributed by atoms with E-state index in [4.69, 9.17) is 11.6 Å². The van der Waals surface area contributed by atoms with Gasteiger partial charge in [0.15, 0.2) is 0 Å². The molecular weight excluding hydrogens is 453 g/mol. The Bertz CT molecular complexity index is 1040. The lowest BCUT2D eigenvalue weighted by Crippen LogP contribution is -2.48. The van der Waals surface area contributed by atoms with Gasteiger partial charge in [-0.15, -0.1) is 0 Å². The van der Waals surface area contributed by atoms with Gasteiger partial charge in [-0.05, 0) is 56.0 Å². The number of fused-ring (bicyclic) bond motifs is 1. The van der Waals surface area contributed by atoms with E-state index < -0.39 is 20.7 Å². The average molecular weight is 482 g/mol. The predicted molar refractivity (Wildman–Crippen MR) is 127 cm³/mol. The fourth-order valence-corrected chi connectivity index (χ4v) is 6.31. The third-order valence-electron chi connectivity index (χ3n) is 6.65. The van der Waals surface area contributed by atoms with E-state index in [1.807, 2.05) is 0 Å². The molecule has 0 amide bonds. The van der Waals surface area contributed by atoms with Crippen molar-refractivity contribution in [2.45, 2.75) is 49.1 Å². The van der Waals surface area contributed by atoms with Gasteiger partial charge in [0.05, 0.1) is 10.7 Å². The number of hydrogen-bond donors (Lipinski definition) is 2. The summed E-state index contributed by atoms with van der Waals surface area (Å²) >= 11 is 6.41. The van der Waals surface area contributed by atoms with Gasteiger partial charge in [-0.1, -0.05) is 24.4 Å². The van der Waals surface area contributed by atoms with Crippen molar-refractivity contribution in [2.75, 3.05) is 25.5 Å². The zero-order valence-electron chi connectivity index (χ0n) is 18.1. The van der Waals surface area contributed by atoms with Crippen LogP contribution in [0.1, 0.15) is 32.1 Å². The fourth-order valence-electron chi connectivity index (χ4n) is 4.92. The van der Waals surface area contributed by atoms with Crippen molar-refractivity contribution in [3.63, 3.8) is 0 Å². The number of benzene rings is 1. The van der Waals surface area contributed by atoms with Crippen LogP contribution in [0.5, 0.6) is 0 Å². The summed E-state index contributed by atoms with van der Waals surface area (Å²) in [5, 5.41) is 3.58. The maximum atomic E-state index is 14.9. The number of sulfonamides is 1. The van der Waals surface area contributed by atoms with Gasteiger partial charge in [-0.3, -0.25) is 14.6 Å². The fraction of sp³-hybridized carbons (Fsp3) is 0.545. The van der Waals surface area contributed by atoms with Crippen molar-refractivity contribution in [3.8, 4) is 0 Å². The van der Waals surface area contributed by atoms with Crippen LogP contribution in [0.2, 0.25) is 5.02 Å². The van der Waals surface area contributed by atoms with Gasteiger partial charge in [0, 0.05) is 38.4 Å². The van der Waals surface area contributed by atoms with Crippen LogP contribution in [-0.2, 0) is 10.0 Å². The summed E-state index contributed by atoms with van der Waals surface area (Å²) in [4.78, 5) is 9.35. The third kappa shape index (κ3) is 5.00. The van der Waals surface area contributed by atoms with E-state index in [2.05, 4.69) is 31.6 Å². The standard InChI is InChI=1S/C22H29ClFN5O2S/c1-25-8-7-22(26-2)28-32(30,31)21-10-16(23)19(11-17(21)24)27-18-5-3-4-6-20(18)29-12-14-9-15(14)13-29/h7-8,10-11,14-15,18,20,27-28H,2-6,9,12-13H2,1H3/b22-7+,25-8-/t14?,15?,18-,20-/m1/s1. The molecule has 2 N–H and O–H groups in total. The number of nitrogens with one attached hydrogen (secondary N) is 2. The smallest absolute Gasteiger partial charge is 0.266 e. The summed E-state index contributed by atoms with van der Waals surface area (Å²) < 4.78 is 42.5. The van der Waals surface area contributed by atoms with Crippen molar-refractivity contribution in [1.29, 1.82) is 0 Å². The Balaban J connectivity index is 1.52. The SMILES string of the molecule is C=N/C(=C\C=N/C)NS(=O)(=O)c1cc(Cl)c(N[C@@H]2CCCC[C@H]2N2CC3CC3C2)cc1F. The molecule has 1 saturated heterocycles. The maximum Gasteiger partial charge on any atom is 0.266 e. The molecule has 0 aromatic heterocycles. The lowest BCUT2D eigenvalue weighted by molar-refractivity contribution is 0.161. The molecule has 2 unspecified atom stereocenters. The summed E-state index contributed by atoms with van der Waals surface area (Å²) in [5.41, 5.74) is 0.417. The molecule has 174 valence electrons. The first-order valence-corrected chi connectivity index (χ1v) is 12.8. The van der Waals surface area contributed by atoms with Crippen molar-refractivity contribution in [1.82, 2.24) is 9.62 Å². The molecule has 3 aliphatic rings. The number of likely N-dealkylation sites (tertiary alicyclic amines) is 1. The summed E-state index contributed by atoms with van der Waals surface area (Å²) in [6.07, 6.45) is 8.42. The van der Waals surface area contributed by atoms with E-state index in [1.165, 1.54) is 38.2 Å². The molecule has 7 nitrogen and oxygen atoms in total. The maximum absolute atomic E-state index is 14.9. The Morgan fingerprint density at radius 3 is 2.69 bits per heavy atom. The van der Waals surface area contributed by atoms with Crippen LogP contribution in [-0.4, -0.2) is 58.5 Å². The van der Waals surface area contributed by atoms with E-state index in [-0.39, 0.29) is 16.9 Å². The number of aliphatic imine (C=N–C) groups is 2. The van der Waals surface area contributed by atoms with E-state index >= 15 is 0 Å². The number of allylic oxidation sites excluding steroid dienone is 1. The number of halogens is 2. The van der Waals surface area contributed by atoms with Crippen molar-refractivity contribution in [2.24, 2.45) is 21.8 Å². The Hall–Kier alpha value is -1.97. The van der Waals surface area contributed by atoms with Gasteiger partial charge in [0.1, 0.15) is 16.5 Å². The lowest BCUT2D eigenvalue weighted by atomic mass is 9.89. The van der Waals surface area contributed by atoms with Crippen molar-refractivity contribution < 1.29 is 12.8 Å². The van der Waals surface area contributed by atoms with Gasteiger partial charge in [0.2, 0.25) is 0 Å². The highest BCUT2D eigenvalue weighted by Crippen LogP contribution is 2.47. The molecule has 0 spiro atoms. The van der Waals surface area contributed by atoms with Crippen molar-refractivity contribution >= 4 is 40.2 Å². The number of hydrogen-bond acceptors (Lipinski definition) is 6. The second-order valence-electron chi connectivity index (χ2n) is 8.80. The molecule has 2 aliphatic carbocycles. The normalized spacial score (nSPS) is 28.5. The third-order valence-corrected chi connectivity index (χ3v) is 8.33. The molecule has 1 aromatic rings. The first-order chi connectivity index (χ1) is 15.3. The molecule has 1 heterocycles. The highest BCUT2D eigenvalue weighted by Gasteiger charge is 2.48. The van der Waals surface area contributed by atoms with Gasteiger partial charge in [-0.2, -0.15) is 0 Å². The molecule has 3 fully saturated rings. The summed E-state index contributed by atoms with van der Waals surface area (Å²) in [6.45, 7) is 5.61. The molecule has 10 heteroatoms. The van der Waals surface area contributed by atoms with Gasteiger partial charge >= 0.3 is 0 Å². The topological polar surface area (TPSA) is 86.2 Å². The molecule has 0 radical (unpaired) electrons. The Morgan fingerprint density at radius 1 is 1.28 bits per heavy atom. The molecule has 0 bridgehead atoms. The number of rotatable bonds is 8. The summed E-state index contributed by atoms with van der Waals surface area (Å²) in [5.74, 6) is 0.750. The minimum atomic E-state index is -4.24. The molecule has 1 aromatic carbocycles. The first kappa shape index (κ1) is 23.2. The van der Waals surface area contributed by atoms with Crippen molar-refractivity contribution in [3.05, 3.63) is 34.9 Å². The lowest BCUT2D eigenvalue weighted by Gasteiger charge is -2.39. The zero-order valence-corrected chi connectivity index (χ0v) is 19.7. The molecule has 1 aliphatic heterocycles. The number of nitrogens with zero attached hydrogens (tertiary/aromatic N) is 3. The number of piperidine rings is 1. The Labute approximate surface area is 193 Å². The van der Waals surface area contributed by atoms with Crippen LogP contribution in [0.25, 0.3) is 0 Å². The molecule has 4 rings (SSSR count). The van der Waals surface area contributed by atoms with Crippen LogP contribution in [0, 0.1) is 17.7 Å². The van der Waals surface area contributed by atoms with Crippen LogP contribution >= 0.6 is 11.6 Å². The van der Waals surface area contributed by atoms with Crippen LogP contribution in [0.15, 0.2) is 38.9 Å². The average Bonchev–Trinajstić information content (AvgIpc) is 3.38. The van der Waals surface area contributed by atoms with Gasteiger partial charge < -0.3 is 5.32 Å². The Morgan fingerprint density at radius 2 is 2.00 bits per heavy atom. The van der Waals surface area contributed by atoms with E-state index in [0.29, 0.717) is 11.7 Å². The molecule has 2 saturated carbocycles. The number of anilines is 1. The van der Waals surface area contributed by atoms with Gasteiger partial charge in [-0.25, -0.2) is 17.8 Å². The van der Waals surface area contributed by atoms with Crippen LogP contribution in [0.4, 0.5) is 10.1 Å².